The summed E-state index contributed by atoms with van der Waals surface area (Å²) in [5.74, 6) is -0.0689. The number of hydrogen-bond donors (Lipinski definition) is 1. The minimum atomic E-state index is -0.563. The van der Waals surface area contributed by atoms with Crippen molar-refractivity contribution in [3.63, 3.8) is 0 Å². The lowest BCUT2D eigenvalue weighted by molar-refractivity contribution is 0.0734. The topological polar surface area (TPSA) is 80.2 Å². The molecule has 1 aliphatic rings. The van der Waals surface area contributed by atoms with E-state index in [-0.39, 0.29) is 0 Å². The monoisotopic (exact) mass is 353 g/mol. The number of esters is 1. The zero-order valence-corrected chi connectivity index (χ0v) is 14.6. The van der Waals surface area contributed by atoms with E-state index in [0.717, 1.165) is 24.4 Å². The fourth-order valence-electron chi connectivity index (χ4n) is 2.47. The highest BCUT2D eigenvalue weighted by molar-refractivity contribution is 5.92. The van der Waals surface area contributed by atoms with Gasteiger partial charge in [-0.1, -0.05) is 0 Å². The third kappa shape index (κ3) is 4.18. The molecule has 2 aromatic rings. The Morgan fingerprint density at radius 3 is 2.35 bits per heavy atom. The summed E-state index contributed by atoms with van der Waals surface area (Å²) >= 11 is 0. The highest BCUT2D eigenvalue weighted by Crippen LogP contribution is 2.21. The Kier molecular flexibility index (Phi) is 5.17. The van der Waals surface area contributed by atoms with Crippen molar-refractivity contribution in [3.05, 3.63) is 54.1 Å². The standard InChI is InChI=1S/C19H19N3O4/c1-13-11-12-22(21-13)16-7-3-14(4-8-16)18(23)26-17-9-5-15(6-10-17)20-19(24)25-2/h3-10H,11-12H2,1-2H3,(H,20,24). The third-order valence-electron chi connectivity index (χ3n) is 3.87. The highest BCUT2D eigenvalue weighted by Gasteiger charge is 2.14. The summed E-state index contributed by atoms with van der Waals surface area (Å²) < 4.78 is 9.86. The van der Waals surface area contributed by atoms with E-state index in [0.29, 0.717) is 17.0 Å². The molecule has 1 heterocycles. The number of nitrogens with zero attached hydrogens (tertiary/aromatic N) is 2. The molecule has 26 heavy (non-hydrogen) atoms. The van der Waals surface area contributed by atoms with Gasteiger partial charge in [-0.15, -0.1) is 0 Å². The first-order chi connectivity index (χ1) is 12.5. The van der Waals surface area contributed by atoms with Crippen LogP contribution >= 0.6 is 0 Å². The van der Waals surface area contributed by atoms with Crippen LogP contribution in [0.5, 0.6) is 5.75 Å². The summed E-state index contributed by atoms with van der Waals surface area (Å²) in [4.78, 5) is 23.4. The van der Waals surface area contributed by atoms with E-state index in [9.17, 15) is 9.59 Å². The Morgan fingerprint density at radius 1 is 1.08 bits per heavy atom. The van der Waals surface area contributed by atoms with E-state index in [1.807, 2.05) is 24.1 Å². The molecular formula is C19H19N3O4. The summed E-state index contributed by atoms with van der Waals surface area (Å²) in [5.41, 5.74) is 3.03. The molecule has 0 fully saturated rings. The number of hydrogen-bond acceptors (Lipinski definition) is 6. The van der Waals surface area contributed by atoms with Gasteiger partial charge in [-0.3, -0.25) is 10.3 Å². The molecule has 0 unspecified atom stereocenters. The average Bonchev–Trinajstić information content (AvgIpc) is 3.09. The van der Waals surface area contributed by atoms with Crippen LogP contribution in [-0.2, 0) is 4.74 Å². The largest absolute Gasteiger partial charge is 0.453 e. The molecule has 0 radical (unpaired) electrons. The number of carbonyl (C=O) groups is 2. The van der Waals surface area contributed by atoms with Crippen molar-refractivity contribution in [1.82, 2.24) is 0 Å². The van der Waals surface area contributed by atoms with Crippen LogP contribution in [0.2, 0.25) is 0 Å². The molecule has 0 saturated heterocycles. The molecule has 0 aliphatic carbocycles. The maximum atomic E-state index is 12.3. The van der Waals surface area contributed by atoms with Crippen molar-refractivity contribution < 1.29 is 19.1 Å². The predicted molar refractivity (Wildman–Crippen MR) is 98.9 cm³/mol. The van der Waals surface area contributed by atoms with Crippen LogP contribution in [0.15, 0.2) is 53.6 Å². The van der Waals surface area contributed by atoms with Gasteiger partial charge in [-0.2, -0.15) is 5.10 Å². The van der Waals surface area contributed by atoms with Gasteiger partial charge in [0.15, 0.2) is 0 Å². The first kappa shape index (κ1) is 17.5. The number of amides is 1. The van der Waals surface area contributed by atoms with Crippen molar-refractivity contribution in [2.45, 2.75) is 13.3 Å². The second-order valence-electron chi connectivity index (χ2n) is 5.79. The first-order valence-corrected chi connectivity index (χ1v) is 8.14. The van der Waals surface area contributed by atoms with Crippen LogP contribution < -0.4 is 15.1 Å². The Bertz CT molecular complexity index is 829. The molecule has 7 heteroatoms. The number of benzene rings is 2. The fraction of sp³-hybridized carbons (Fsp3) is 0.211. The molecule has 0 spiro atoms. The fourth-order valence-corrected chi connectivity index (χ4v) is 2.47. The van der Waals surface area contributed by atoms with Crippen LogP contribution in [0.1, 0.15) is 23.7 Å². The SMILES string of the molecule is COC(=O)Nc1ccc(OC(=O)c2ccc(N3CCC(C)=N3)cc2)cc1. The molecule has 0 atom stereocenters. The van der Waals surface area contributed by atoms with Crippen molar-refractivity contribution in [2.24, 2.45) is 5.10 Å². The van der Waals surface area contributed by atoms with Gasteiger partial charge >= 0.3 is 12.1 Å². The molecule has 1 aliphatic heterocycles. The molecule has 2 aromatic carbocycles. The zero-order valence-electron chi connectivity index (χ0n) is 14.6. The van der Waals surface area contributed by atoms with Gasteiger partial charge in [0.25, 0.3) is 0 Å². The maximum Gasteiger partial charge on any atom is 0.411 e. The second-order valence-corrected chi connectivity index (χ2v) is 5.79. The molecule has 3 rings (SSSR count). The molecule has 134 valence electrons. The molecule has 1 N–H and O–H groups in total. The van der Waals surface area contributed by atoms with Crippen LogP contribution in [0.25, 0.3) is 0 Å². The van der Waals surface area contributed by atoms with E-state index in [1.165, 1.54) is 7.11 Å². The molecule has 0 bridgehead atoms. The lowest BCUT2D eigenvalue weighted by atomic mass is 10.2. The second kappa shape index (κ2) is 7.69. The van der Waals surface area contributed by atoms with E-state index >= 15 is 0 Å². The summed E-state index contributed by atoms with van der Waals surface area (Å²) in [6.07, 6.45) is 0.386. The van der Waals surface area contributed by atoms with E-state index in [2.05, 4.69) is 15.2 Å². The molecule has 0 saturated carbocycles. The highest BCUT2D eigenvalue weighted by atomic mass is 16.5. The quantitative estimate of drug-likeness (QED) is 0.670. The van der Waals surface area contributed by atoms with Crippen molar-refractivity contribution >= 4 is 29.1 Å². The van der Waals surface area contributed by atoms with Crippen molar-refractivity contribution in [3.8, 4) is 5.75 Å². The normalized spacial score (nSPS) is 13.2. The van der Waals surface area contributed by atoms with Crippen LogP contribution in [0.4, 0.5) is 16.2 Å². The predicted octanol–water partition coefficient (Wildman–Crippen LogP) is 3.67. The number of ether oxygens (including phenoxy) is 2. The van der Waals surface area contributed by atoms with E-state index < -0.39 is 12.1 Å². The van der Waals surface area contributed by atoms with Gasteiger partial charge in [-0.05, 0) is 55.5 Å². The Hall–Kier alpha value is -3.35. The zero-order chi connectivity index (χ0) is 18.5. The Morgan fingerprint density at radius 2 is 1.77 bits per heavy atom. The Labute approximate surface area is 151 Å². The van der Waals surface area contributed by atoms with Gasteiger partial charge in [0.1, 0.15) is 5.75 Å². The number of methoxy groups -OCH3 is 1. The lowest BCUT2D eigenvalue weighted by Gasteiger charge is -2.13. The number of nitrogens with one attached hydrogen (secondary N) is 1. The smallest absolute Gasteiger partial charge is 0.411 e. The number of anilines is 2. The van der Waals surface area contributed by atoms with Gasteiger partial charge in [0.2, 0.25) is 0 Å². The summed E-state index contributed by atoms with van der Waals surface area (Å²) in [5, 5.41) is 8.87. The molecule has 0 aromatic heterocycles. The van der Waals surface area contributed by atoms with E-state index in [4.69, 9.17) is 4.74 Å². The number of rotatable bonds is 4. The Balaban J connectivity index is 1.62. The van der Waals surface area contributed by atoms with Crippen molar-refractivity contribution in [1.29, 1.82) is 0 Å². The van der Waals surface area contributed by atoms with Gasteiger partial charge in [0, 0.05) is 24.4 Å². The average molecular weight is 353 g/mol. The molecular weight excluding hydrogens is 334 g/mol. The molecule has 1 amide bonds. The van der Waals surface area contributed by atoms with Gasteiger partial charge in [0.05, 0.1) is 18.4 Å². The van der Waals surface area contributed by atoms with Crippen molar-refractivity contribution in [2.75, 3.05) is 24.0 Å². The minimum absolute atomic E-state index is 0.384. The van der Waals surface area contributed by atoms with Crippen LogP contribution in [0, 0.1) is 0 Å². The minimum Gasteiger partial charge on any atom is -0.453 e. The summed E-state index contributed by atoms with van der Waals surface area (Å²) in [6.45, 7) is 2.85. The van der Waals surface area contributed by atoms with Crippen LogP contribution in [0.3, 0.4) is 0 Å². The number of hydrazone groups is 1. The maximum absolute atomic E-state index is 12.3. The number of carbonyl (C=O) groups excluding carboxylic acids is 2. The summed E-state index contributed by atoms with van der Waals surface area (Å²) in [6, 6.07) is 13.6. The summed E-state index contributed by atoms with van der Waals surface area (Å²) in [7, 11) is 1.29. The lowest BCUT2D eigenvalue weighted by Crippen LogP contribution is -2.13. The van der Waals surface area contributed by atoms with E-state index in [1.54, 1.807) is 36.4 Å². The third-order valence-corrected chi connectivity index (χ3v) is 3.87. The van der Waals surface area contributed by atoms with Gasteiger partial charge in [-0.25, -0.2) is 9.59 Å². The van der Waals surface area contributed by atoms with Crippen LogP contribution in [-0.4, -0.2) is 31.4 Å². The first-order valence-electron chi connectivity index (χ1n) is 8.14. The molecule has 7 nitrogen and oxygen atoms in total. The van der Waals surface area contributed by atoms with Gasteiger partial charge < -0.3 is 9.47 Å².